The second-order valence-corrected chi connectivity index (χ2v) is 4.59. The molecule has 0 aliphatic heterocycles. The first-order valence-electron chi connectivity index (χ1n) is 4.38. The summed E-state index contributed by atoms with van der Waals surface area (Å²) < 4.78 is 26.9. The van der Waals surface area contributed by atoms with Gasteiger partial charge in [-0.3, -0.25) is 0 Å². The molecule has 1 atom stereocenters. The van der Waals surface area contributed by atoms with Crippen LogP contribution in [0.5, 0.6) is 0 Å². The molecule has 0 aliphatic carbocycles. The Labute approximate surface area is 90.2 Å². The molecule has 0 amide bonds. The Bertz CT molecular complexity index is 466. The molecule has 0 radical (unpaired) electrons. The molecular weight excluding hydrogens is 212 g/mol. The van der Waals surface area contributed by atoms with Gasteiger partial charge in [0.2, 0.25) is 0 Å². The predicted octanol–water partition coefficient (Wildman–Crippen LogP) is 1.73. The summed E-state index contributed by atoms with van der Waals surface area (Å²) in [5.74, 6) is 5.35. The van der Waals surface area contributed by atoms with Crippen LogP contribution in [-0.2, 0) is 14.3 Å². The predicted molar refractivity (Wildman–Crippen MR) is 58.6 cm³/mol. The van der Waals surface area contributed by atoms with E-state index in [1.807, 2.05) is 18.2 Å². The van der Waals surface area contributed by atoms with E-state index >= 15 is 0 Å². The van der Waals surface area contributed by atoms with E-state index < -0.39 is 16.2 Å². The van der Waals surface area contributed by atoms with Gasteiger partial charge >= 0.3 is 0 Å². The maximum atomic E-state index is 11.0. The first kappa shape index (κ1) is 11.8. The van der Waals surface area contributed by atoms with E-state index in [4.69, 9.17) is 4.18 Å². The Kier molecular flexibility index (Phi) is 3.89. The molecule has 0 fully saturated rings. The standard InChI is InChI=1S/C11H12O3S/c1-3-7-11(14-15(2,12)13)10-8-5-4-6-9-10/h4-6,8-9,11H,1-2H3. The lowest BCUT2D eigenvalue weighted by Crippen LogP contribution is -2.08. The lowest BCUT2D eigenvalue weighted by atomic mass is 10.1. The average Bonchev–Trinajstić information content (AvgIpc) is 2.17. The van der Waals surface area contributed by atoms with Gasteiger partial charge in [0.1, 0.15) is 0 Å². The molecule has 1 rings (SSSR count). The highest BCUT2D eigenvalue weighted by Crippen LogP contribution is 2.17. The van der Waals surface area contributed by atoms with Crippen LogP contribution in [0.3, 0.4) is 0 Å². The van der Waals surface area contributed by atoms with Gasteiger partial charge in [-0.25, -0.2) is 4.18 Å². The zero-order chi connectivity index (χ0) is 11.3. The van der Waals surface area contributed by atoms with Crippen LogP contribution >= 0.6 is 0 Å². The van der Waals surface area contributed by atoms with Gasteiger partial charge in [-0.05, 0) is 12.5 Å². The molecule has 1 aromatic carbocycles. The van der Waals surface area contributed by atoms with Crippen LogP contribution in [-0.4, -0.2) is 14.7 Å². The molecule has 1 unspecified atom stereocenters. The van der Waals surface area contributed by atoms with Crippen molar-refractivity contribution in [2.24, 2.45) is 0 Å². The molecule has 1 aromatic rings. The zero-order valence-corrected chi connectivity index (χ0v) is 9.41. The first-order valence-corrected chi connectivity index (χ1v) is 6.20. The van der Waals surface area contributed by atoms with E-state index in [2.05, 4.69) is 11.8 Å². The highest BCUT2D eigenvalue weighted by atomic mass is 32.2. The third kappa shape index (κ3) is 4.15. The van der Waals surface area contributed by atoms with Crippen LogP contribution < -0.4 is 0 Å². The molecule has 0 aromatic heterocycles. The van der Waals surface area contributed by atoms with Crippen LogP contribution in [0.2, 0.25) is 0 Å². The third-order valence-electron chi connectivity index (χ3n) is 1.65. The summed E-state index contributed by atoms with van der Waals surface area (Å²) in [6, 6.07) is 9.03. The van der Waals surface area contributed by atoms with Crippen molar-refractivity contribution < 1.29 is 12.6 Å². The lowest BCUT2D eigenvalue weighted by molar-refractivity contribution is 0.273. The third-order valence-corrected chi connectivity index (χ3v) is 2.19. The second kappa shape index (κ2) is 4.96. The van der Waals surface area contributed by atoms with Crippen molar-refractivity contribution in [3.8, 4) is 11.8 Å². The Hall–Kier alpha value is -1.31. The van der Waals surface area contributed by atoms with Crippen molar-refractivity contribution in [1.82, 2.24) is 0 Å². The highest BCUT2D eigenvalue weighted by molar-refractivity contribution is 7.86. The molecule has 0 saturated heterocycles. The van der Waals surface area contributed by atoms with E-state index in [1.54, 1.807) is 19.1 Å². The summed E-state index contributed by atoms with van der Waals surface area (Å²) in [5.41, 5.74) is 0.734. The minimum absolute atomic E-state index is 0.716. The van der Waals surface area contributed by atoms with Gasteiger partial charge in [0, 0.05) is 0 Å². The van der Waals surface area contributed by atoms with E-state index in [0.29, 0.717) is 0 Å². The van der Waals surface area contributed by atoms with E-state index in [-0.39, 0.29) is 0 Å². The van der Waals surface area contributed by atoms with Crippen LogP contribution in [0.1, 0.15) is 18.6 Å². The number of benzene rings is 1. The maximum Gasteiger partial charge on any atom is 0.265 e. The summed E-state index contributed by atoms with van der Waals surface area (Å²) in [5, 5.41) is 0. The highest BCUT2D eigenvalue weighted by Gasteiger charge is 2.14. The van der Waals surface area contributed by atoms with Gasteiger partial charge in [-0.1, -0.05) is 36.3 Å². The normalized spacial score (nSPS) is 12.7. The molecule has 15 heavy (non-hydrogen) atoms. The largest absolute Gasteiger partial charge is 0.265 e. The van der Waals surface area contributed by atoms with Gasteiger partial charge < -0.3 is 0 Å². The van der Waals surface area contributed by atoms with E-state index in [9.17, 15) is 8.42 Å². The zero-order valence-electron chi connectivity index (χ0n) is 8.60. The van der Waals surface area contributed by atoms with Gasteiger partial charge in [0.05, 0.1) is 6.26 Å². The Morgan fingerprint density at radius 1 is 1.27 bits per heavy atom. The first-order chi connectivity index (χ1) is 7.03. The molecule has 0 spiro atoms. The van der Waals surface area contributed by atoms with Crippen LogP contribution in [0.25, 0.3) is 0 Å². The molecular formula is C11H12O3S. The van der Waals surface area contributed by atoms with Gasteiger partial charge in [-0.2, -0.15) is 8.42 Å². The number of hydrogen-bond donors (Lipinski definition) is 0. The summed E-state index contributed by atoms with van der Waals surface area (Å²) in [6.45, 7) is 1.64. The van der Waals surface area contributed by atoms with Crippen molar-refractivity contribution in [1.29, 1.82) is 0 Å². The Balaban J connectivity index is 2.98. The van der Waals surface area contributed by atoms with Crippen molar-refractivity contribution in [2.75, 3.05) is 6.26 Å². The Morgan fingerprint density at radius 3 is 2.33 bits per heavy atom. The summed E-state index contributed by atoms with van der Waals surface area (Å²) >= 11 is 0. The molecule has 4 heteroatoms. The van der Waals surface area contributed by atoms with Crippen molar-refractivity contribution in [3.05, 3.63) is 35.9 Å². The lowest BCUT2D eigenvalue weighted by Gasteiger charge is -2.09. The fourth-order valence-corrected chi connectivity index (χ4v) is 1.61. The quantitative estimate of drug-likeness (QED) is 0.580. The topological polar surface area (TPSA) is 43.4 Å². The van der Waals surface area contributed by atoms with Crippen LogP contribution in [0.4, 0.5) is 0 Å². The monoisotopic (exact) mass is 224 g/mol. The van der Waals surface area contributed by atoms with E-state index in [1.165, 1.54) is 0 Å². The van der Waals surface area contributed by atoms with Crippen molar-refractivity contribution >= 4 is 10.1 Å². The fourth-order valence-electron chi connectivity index (χ4n) is 1.10. The molecule has 0 N–H and O–H groups in total. The molecule has 0 bridgehead atoms. The average molecular weight is 224 g/mol. The van der Waals surface area contributed by atoms with Crippen LogP contribution in [0.15, 0.2) is 30.3 Å². The summed E-state index contributed by atoms with van der Waals surface area (Å²) in [4.78, 5) is 0. The smallest absolute Gasteiger partial charge is 0.249 e. The van der Waals surface area contributed by atoms with Crippen LogP contribution in [0, 0.1) is 11.8 Å². The number of hydrogen-bond acceptors (Lipinski definition) is 3. The molecule has 3 nitrogen and oxygen atoms in total. The fraction of sp³-hybridized carbons (Fsp3) is 0.273. The van der Waals surface area contributed by atoms with Gasteiger partial charge in [-0.15, -0.1) is 5.92 Å². The second-order valence-electron chi connectivity index (χ2n) is 2.99. The minimum atomic E-state index is -3.50. The SMILES string of the molecule is CC#CC(OS(C)(=O)=O)c1ccccc1. The molecule has 80 valence electrons. The van der Waals surface area contributed by atoms with Gasteiger partial charge in [0.15, 0.2) is 6.10 Å². The molecule has 0 saturated carbocycles. The summed E-state index contributed by atoms with van der Waals surface area (Å²) in [7, 11) is -3.50. The Morgan fingerprint density at radius 2 is 1.87 bits per heavy atom. The van der Waals surface area contributed by atoms with Crippen molar-refractivity contribution in [3.63, 3.8) is 0 Å². The minimum Gasteiger partial charge on any atom is -0.249 e. The molecule has 0 heterocycles. The van der Waals surface area contributed by atoms with Gasteiger partial charge in [0.25, 0.3) is 10.1 Å². The summed E-state index contributed by atoms with van der Waals surface area (Å²) in [6.07, 6.45) is 0.298. The van der Waals surface area contributed by atoms with E-state index in [0.717, 1.165) is 11.8 Å². The molecule has 0 aliphatic rings. The van der Waals surface area contributed by atoms with Crippen molar-refractivity contribution in [2.45, 2.75) is 13.0 Å². The maximum absolute atomic E-state index is 11.0. The number of rotatable bonds is 3.